The number of ether oxygens (including phenoxy) is 1. The number of unbranched alkanes of at least 4 members (excludes halogenated alkanes) is 6. The van der Waals surface area contributed by atoms with E-state index in [1.165, 1.54) is 64.2 Å². The molecule has 178 valence electrons. The number of carbonyl (C=O) groups excluding carboxylic acids is 1. The van der Waals surface area contributed by atoms with Gasteiger partial charge in [0.2, 0.25) is 0 Å². The Morgan fingerprint density at radius 1 is 1.00 bits per heavy atom. The Bertz CT molecular complexity index is 440. The van der Waals surface area contributed by atoms with E-state index >= 15 is 0 Å². The molecule has 5 unspecified atom stereocenters. The second kappa shape index (κ2) is 16.1. The maximum atomic E-state index is 11.7. The lowest BCUT2D eigenvalue weighted by atomic mass is 9.86. The fraction of sp³-hybridized carbons (Fsp3) is 0.962. The molecule has 0 amide bonds. The molecule has 0 radical (unpaired) electrons. The van der Waals surface area contributed by atoms with Gasteiger partial charge in [0.15, 0.2) is 0 Å². The summed E-state index contributed by atoms with van der Waals surface area (Å²) in [6, 6.07) is 0. The average molecular weight is 426 g/mol. The summed E-state index contributed by atoms with van der Waals surface area (Å²) < 4.78 is 5.15. The number of carbonyl (C=O) groups is 1. The van der Waals surface area contributed by atoms with Crippen molar-refractivity contribution in [3.05, 3.63) is 0 Å². The topological polar surface area (TPSA) is 49.8 Å². The molecule has 5 atom stereocenters. The molecular weight excluding hydrogens is 374 g/mol. The van der Waals surface area contributed by atoms with Crippen LogP contribution in [0.4, 0.5) is 0 Å². The van der Waals surface area contributed by atoms with Crippen LogP contribution in [-0.2, 0) is 9.53 Å². The van der Waals surface area contributed by atoms with Gasteiger partial charge >= 0.3 is 5.97 Å². The first-order chi connectivity index (χ1) is 14.3. The molecular formula is C26H51NO3. The highest BCUT2D eigenvalue weighted by Gasteiger charge is 2.37. The first-order valence-electron chi connectivity index (χ1n) is 12.8. The maximum absolute atomic E-state index is 11.7. The number of likely N-dealkylation sites (N-methyl/N-ethyl adjacent to an activating group) is 1. The minimum Gasteiger partial charge on any atom is -0.463 e. The molecule has 1 fully saturated rings. The number of hydrogen-bond acceptors (Lipinski definition) is 4. The number of aliphatic hydroxyl groups is 1. The minimum atomic E-state index is -0.597. The summed E-state index contributed by atoms with van der Waals surface area (Å²) in [5.74, 6) is 3.61. The molecule has 0 aromatic rings. The summed E-state index contributed by atoms with van der Waals surface area (Å²) in [5, 5.41) is 9.71. The molecule has 4 nitrogen and oxygen atoms in total. The molecule has 30 heavy (non-hydrogen) atoms. The van der Waals surface area contributed by atoms with Crippen LogP contribution in [0.5, 0.6) is 0 Å². The van der Waals surface area contributed by atoms with E-state index in [1.807, 2.05) is 19.0 Å². The van der Waals surface area contributed by atoms with Crippen molar-refractivity contribution in [2.75, 3.05) is 27.2 Å². The summed E-state index contributed by atoms with van der Waals surface area (Å²) in [4.78, 5) is 13.6. The second-order valence-corrected chi connectivity index (χ2v) is 10.3. The van der Waals surface area contributed by atoms with Crippen molar-refractivity contribution in [1.29, 1.82) is 0 Å². The number of aliphatic hydroxyl groups excluding tert-OH is 1. The molecule has 1 N–H and O–H groups in total. The Kier molecular flexibility index (Phi) is 14.7. The third-order valence-electron chi connectivity index (χ3n) is 6.95. The van der Waals surface area contributed by atoms with E-state index in [4.69, 9.17) is 4.74 Å². The molecule has 0 saturated heterocycles. The van der Waals surface area contributed by atoms with Gasteiger partial charge in [0.05, 0.1) is 0 Å². The predicted octanol–water partition coefficient (Wildman–Crippen LogP) is 6.06. The van der Waals surface area contributed by atoms with E-state index in [0.717, 1.165) is 36.5 Å². The highest BCUT2D eigenvalue weighted by molar-refractivity contribution is 5.69. The van der Waals surface area contributed by atoms with Gasteiger partial charge in [-0.25, -0.2) is 0 Å². The molecule has 1 saturated carbocycles. The largest absolute Gasteiger partial charge is 0.463 e. The third-order valence-corrected chi connectivity index (χ3v) is 6.95. The predicted molar refractivity (Wildman–Crippen MR) is 127 cm³/mol. The molecule has 0 aliphatic heterocycles. The third kappa shape index (κ3) is 13.6. The zero-order valence-corrected chi connectivity index (χ0v) is 20.7. The van der Waals surface area contributed by atoms with Gasteiger partial charge in [-0.3, -0.25) is 4.79 Å². The van der Waals surface area contributed by atoms with E-state index in [2.05, 4.69) is 20.8 Å². The van der Waals surface area contributed by atoms with Gasteiger partial charge in [-0.2, -0.15) is 0 Å². The van der Waals surface area contributed by atoms with Crippen molar-refractivity contribution in [2.24, 2.45) is 23.7 Å². The molecule has 0 bridgehead atoms. The van der Waals surface area contributed by atoms with Gasteiger partial charge in [0, 0.05) is 13.0 Å². The first-order valence-corrected chi connectivity index (χ1v) is 12.8. The Morgan fingerprint density at radius 2 is 1.70 bits per heavy atom. The number of nitrogens with zero attached hydrogens (tertiary/aromatic N) is 1. The van der Waals surface area contributed by atoms with Crippen molar-refractivity contribution in [3.63, 3.8) is 0 Å². The van der Waals surface area contributed by atoms with E-state index in [0.29, 0.717) is 13.0 Å². The van der Waals surface area contributed by atoms with Crippen LogP contribution in [-0.4, -0.2) is 49.3 Å². The first kappa shape index (κ1) is 27.4. The monoisotopic (exact) mass is 425 g/mol. The Labute approximate surface area is 187 Å². The minimum absolute atomic E-state index is 0.105. The fourth-order valence-electron chi connectivity index (χ4n) is 4.60. The quantitative estimate of drug-likeness (QED) is 0.202. The van der Waals surface area contributed by atoms with Gasteiger partial charge in [0.1, 0.15) is 12.7 Å². The van der Waals surface area contributed by atoms with Gasteiger partial charge in [-0.15, -0.1) is 0 Å². The van der Waals surface area contributed by atoms with Crippen LogP contribution in [0, 0.1) is 23.7 Å². The molecule has 0 aromatic heterocycles. The van der Waals surface area contributed by atoms with E-state index in [9.17, 15) is 9.90 Å². The van der Waals surface area contributed by atoms with Gasteiger partial charge in [-0.1, -0.05) is 78.6 Å². The fourth-order valence-corrected chi connectivity index (χ4v) is 4.60. The summed E-state index contributed by atoms with van der Waals surface area (Å²) >= 11 is 0. The molecule has 1 rings (SSSR count). The SMILES string of the molecule is CCCCCC1CC1CC(C)C(C)CCCCCCCC(=O)OCC(O)CN(C)C. The highest BCUT2D eigenvalue weighted by Crippen LogP contribution is 2.47. The van der Waals surface area contributed by atoms with E-state index in [-0.39, 0.29) is 12.6 Å². The smallest absolute Gasteiger partial charge is 0.305 e. The maximum Gasteiger partial charge on any atom is 0.305 e. The van der Waals surface area contributed by atoms with Crippen LogP contribution in [0.2, 0.25) is 0 Å². The van der Waals surface area contributed by atoms with Crippen molar-refractivity contribution >= 4 is 5.97 Å². The summed E-state index contributed by atoms with van der Waals surface area (Å²) in [6.45, 7) is 7.83. The Balaban J connectivity index is 1.94. The second-order valence-electron chi connectivity index (χ2n) is 10.3. The lowest BCUT2D eigenvalue weighted by Crippen LogP contribution is -2.30. The molecule has 0 heterocycles. The zero-order valence-electron chi connectivity index (χ0n) is 20.7. The summed E-state index contributed by atoms with van der Waals surface area (Å²) in [5.41, 5.74) is 0. The van der Waals surface area contributed by atoms with Crippen LogP contribution in [0.1, 0.15) is 104 Å². The Morgan fingerprint density at radius 3 is 2.40 bits per heavy atom. The van der Waals surface area contributed by atoms with Crippen LogP contribution in [0.15, 0.2) is 0 Å². The van der Waals surface area contributed by atoms with Crippen LogP contribution < -0.4 is 0 Å². The highest BCUT2D eigenvalue weighted by atomic mass is 16.5. The standard InChI is InChI=1S/C26H51NO3/c1-6-7-11-15-23-18-24(23)17-22(3)21(2)14-12-9-8-10-13-16-26(29)30-20-25(28)19-27(4)5/h21-25,28H,6-20H2,1-5H3. The Hall–Kier alpha value is -0.610. The number of hydrogen-bond donors (Lipinski definition) is 1. The van der Waals surface area contributed by atoms with Gasteiger partial charge < -0.3 is 14.7 Å². The molecule has 0 spiro atoms. The number of esters is 1. The number of rotatable bonds is 19. The van der Waals surface area contributed by atoms with E-state index < -0.39 is 6.10 Å². The van der Waals surface area contributed by atoms with Crippen molar-refractivity contribution in [3.8, 4) is 0 Å². The van der Waals surface area contributed by atoms with E-state index in [1.54, 1.807) is 0 Å². The van der Waals surface area contributed by atoms with Gasteiger partial charge in [-0.05, 0) is 57.0 Å². The van der Waals surface area contributed by atoms with Crippen molar-refractivity contribution in [2.45, 2.75) is 110 Å². The van der Waals surface area contributed by atoms with Crippen molar-refractivity contribution in [1.82, 2.24) is 4.90 Å². The van der Waals surface area contributed by atoms with Crippen LogP contribution in [0.25, 0.3) is 0 Å². The molecule has 1 aliphatic carbocycles. The average Bonchev–Trinajstić information content (AvgIpc) is 3.42. The lowest BCUT2D eigenvalue weighted by Gasteiger charge is -2.20. The molecule has 1 aliphatic rings. The molecule has 0 aromatic carbocycles. The molecule has 4 heteroatoms. The van der Waals surface area contributed by atoms with Gasteiger partial charge in [0.25, 0.3) is 0 Å². The summed E-state index contributed by atoms with van der Waals surface area (Å²) in [7, 11) is 3.79. The van der Waals surface area contributed by atoms with Crippen LogP contribution >= 0.6 is 0 Å². The van der Waals surface area contributed by atoms with Crippen molar-refractivity contribution < 1.29 is 14.6 Å². The van der Waals surface area contributed by atoms with Crippen LogP contribution in [0.3, 0.4) is 0 Å². The lowest BCUT2D eigenvalue weighted by molar-refractivity contribution is -0.147. The summed E-state index contributed by atoms with van der Waals surface area (Å²) in [6.07, 6.45) is 15.6. The normalized spacial score (nSPS) is 21.4. The zero-order chi connectivity index (χ0) is 22.4.